The van der Waals surface area contributed by atoms with Crippen LogP contribution in [-0.2, 0) is 0 Å². The lowest BCUT2D eigenvalue weighted by molar-refractivity contribution is -0.384. The summed E-state index contributed by atoms with van der Waals surface area (Å²) in [4.78, 5) is 24.3. The van der Waals surface area contributed by atoms with Crippen LogP contribution in [0, 0.1) is 10.1 Å². The van der Waals surface area contributed by atoms with Crippen LogP contribution in [0.3, 0.4) is 0 Å². The third-order valence-corrected chi connectivity index (χ3v) is 3.70. The van der Waals surface area contributed by atoms with Crippen LogP contribution in [0.4, 0.5) is 5.69 Å². The number of hydrogen-bond donors (Lipinski definition) is 0. The molecule has 0 aliphatic rings. The van der Waals surface area contributed by atoms with Crippen LogP contribution in [-0.4, -0.2) is 43.0 Å². The third-order valence-electron chi connectivity index (χ3n) is 3.46. The Morgan fingerprint density at radius 1 is 1.28 bits per heavy atom. The second-order valence-electron chi connectivity index (χ2n) is 5.17. The summed E-state index contributed by atoms with van der Waals surface area (Å²) in [6.45, 7) is 0.539. The number of methoxy groups -OCH3 is 1. The zero-order valence-corrected chi connectivity index (χ0v) is 14.5. The molecule has 0 radical (unpaired) electrons. The van der Waals surface area contributed by atoms with Crippen LogP contribution in [0.25, 0.3) is 0 Å². The minimum absolute atomic E-state index is 0.127. The summed E-state index contributed by atoms with van der Waals surface area (Å²) >= 11 is 5.88. The van der Waals surface area contributed by atoms with E-state index < -0.39 is 10.8 Å². The average Bonchev–Trinajstić information content (AvgIpc) is 2.60. The Morgan fingerprint density at radius 3 is 2.68 bits per heavy atom. The largest absolute Gasteiger partial charge is 0.496 e. The number of ether oxygens (including phenoxy) is 2. The predicted molar refractivity (Wildman–Crippen MR) is 93.6 cm³/mol. The summed E-state index contributed by atoms with van der Waals surface area (Å²) < 4.78 is 10.7. The predicted octanol–water partition coefficient (Wildman–Crippen LogP) is 3.41. The maximum absolute atomic E-state index is 12.5. The molecule has 0 unspecified atom stereocenters. The standard InChI is InChI=1S/C17H17ClN2O5/c1-19(8-9-25-14-5-3-4-12(18)10-14)17(21)15-11-13(20(22)23)6-7-16(15)24-2/h3-7,10-11H,8-9H2,1-2H3. The summed E-state index contributed by atoms with van der Waals surface area (Å²) in [6.07, 6.45) is 0. The van der Waals surface area contributed by atoms with E-state index in [1.165, 1.54) is 30.2 Å². The number of carbonyl (C=O) groups excluding carboxylic acids is 1. The Balaban J connectivity index is 2.04. The molecule has 0 aromatic heterocycles. The minimum Gasteiger partial charge on any atom is -0.496 e. The molecule has 0 bridgehead atoms. The first kappa shape index (κ1) is 18.5. The van der Waals surface area contributed by atoms with E-state index in [9.17, 15) is 14.9 Å². The highest BCUT2D eigenvalue weighted by molar-refractivity contribution is 6.30. The second-order valence-corrected chi connectivity index (χ2v) is 5.61. The number of nitro benzene ring substituents is 1. The van der Waals surface area contributed by atoms with Gasteiger partial charge in [-0.1, -0.05) is 17.7 Å². The van der Waals surface area contributed by atoms with Crippen molar-refractivity contribution in [3.8, 4) is 11.5 Å². The molecule has 0 atom stereocenters. The number of amides is 1. The summed E-state index contributed by atoms with van der Waals surface area (Å²) in [6, 6.07) is 10.8. The Hall–Kier alpha value is -2.80. The van der Waals surface area contributed by atoms with E-state index >= 15 is 0 Å². The van der Waals surface area contributed by atoms with Crippen LogP contribution in [0.2, 0.25) is 5.02 Å². The molecule has 7 nitrogen and oxygen atoms in total. The summed E-state index contributed by atoms with van der Waals surface area (Å²) in [7, 11) is 2.99. The van der Waals surface area contributed by atoms with Gasteiger partial charge in [-0.05, 0) is 24.3 Å². The zero-order valence-electron chi connectivity index (χ0n) is 13.8. The zero-order chi connectivity index (χ0) is 18.4. The quantitative estimate of drug-likeness (QED) is 0.555. The maximum Gasteiger partial charge on any atom is 0.270 e. The van der Waals surface area contributed by atoms with Gasteiger partial charge in [-0.15, -0.1) is 0 Å². The number of rotatable bonds is 7. The van der Waals surface area contributed by atoms with Crippen LogP contribution in [0.5, 0.6) is 11.5 Å². The first-order valence-corrected chi connectivity index (χ1v) is 7.76. The number of nitro groups is 1. The first-order chi connectivity index (χ1) is 11.9. The van der Waals surface area contributed by atoms with E-state index in [2.05, 4.69) is 0 Å². The van der Waals surface area contributed by atoms with Gasteiger partial charge in [-0.3, -0.25) is 14.9 Å². The van der Waals surface area contributed by atoms with Crippen LogP contribution in [0.1, 0.15) is 10.4 Å². The van der Waals surface area contributed by atoms with E-state index in [-0.39, 0.29) is 30.2 Å². The van der Waals surface area contributed by atoms with Crippen molar-refractivity contribution in [3.05, 3.63) is 63.2 Å². The average molecular weight is 365 g/mol. The van der Waals surface area contributed by atoms with E-state index in [1.807, 2.05) is 0 Å². The van der Waals surface area contributed by atoms with Crippen LogP contribution < -0.4 is 9.47 Å². The highest BCUT2D eigenvalue weighted by Gasteiger charge is 2.20. The number of non-ortho nitro benzene ring substituents is 1. The van der Waals surface area contributed by atoms with E-state index in [1.54, 1.807) is 31.3 Å². The lowest BCUT2D eigenvalue weighted by Crippen LogP contribution is -2.31. The van der Waals surface area contributed by atoms with Gasteiger partial charge in [0.1, 0.15) is 18.1 Å². The number of hydrogen-bond acceptors (Lipinski definition) is 5. The van der Waals surface area contributed by atoms with Crippen molar-refractivity contribution in [1.82, 2.24) is 4.90 Å². The summed E-state index contributed by atoms with van der Waals surface area (Å²) in [5, 5.41) is 11.5. The normalized spacial score (nSPS) is 10.2. The summed E-state index contributed by atoms with van der Waals surface area (Å²) in [5.74, 6) is 0.481. The van der Waals surface area contributed by atoms with Crippen molar-refractivity contribution in [2.75, 3.05) is 27.3 Å². The number of nitrogens with zero attached hydrogens (tertiary/aromatic N) is 2. The van der Waals surface area contributed by atoms with Crippen molar-refractivity contribution in [3.63, 3.8) is 0 Å². The molecule has 1 amide bonds. The Kier molecular flexibility index (Phi) is 6.19. The van der Waals surface area contributed by atoms with Crippen molar-refractivity contribution < 1.29 is 19.2 Å². The van der Waals surface area contributed by atoms with Gasteiger partial charge in [0.2, 0.25) is 0 Å². The Bertz CT molecular complexity index is 781. The first-order valence-electron chi connectivity index (χ1n) is 7.38. The fourth-order valence-corrected chi connectivity index (χ4v) is 2.32. The minimum atomic E-state index is -0.557. The number of benzene rings is 2. The van der Waals surface area contributed by atoms with Crippen molar-refractivity contribution in [2.24, 2.45) is 0 Å². The lowest BCUT2D eigenvalue weighted by atomic mass is 10.1. The number of carbonyl (C=O) groups is 1. The lowest BCUT2D eigenvalue weighted by Gasteiger charge is -2.19. The fourth-order valence-electron chi connectivity index (χ4n) is 2.14. The molecule has 0 saturated heterocycles. The number of likely N-dealkylation sites (N-methyl/N-ethyl adjacent to an activating group) is 1. The van der Waals surface area contributed by atoms with Crippen LogP contribution in [0.15, 0.2) is 42.5 Å². The molecule has 2 aromatic carbocycles. The molecule has 8 heteroatoms. The molecule has 0 heterocycles. The van der Waals surface area contributed by atoms with Gasteiger partial charge in [0, 0.05) is 24.2 Å². The third kappa shape index (κ3) is 4.84. The van der Waals surface area contributed by atoms with Gasteiger partial charge in [-0.25, -0.2) is 0 Å². The van der Waals surface area contributed by atoms with Crippen LogP contribution >= 0.6 is 11.6 Å². The van der Waals surface area contributed by atoms with Crippen molar-refractivity contribution in [2.45, 2.75) is 0 Å². The van der Waals surface area contributed by atoms with Gasteiger partial charge in [-0.2, -0.15) is 0 Å². The summed E-state index contributed by atoms with van der Waals surface area (Å²) in [5.41, 5.74) is -0.0466. The molecule has 132 valence electrons. The Labute approximate surface area is 149 Å². The van der Waals surface area contributed by atoms with Gasteiger partial charge in [0.05, 0.1) is 24.1 Å². The van der Waals surface area contributed by atoms with Gasteiger partial charge < -0.3 is 14.4 Å². The van der Waals surface area contributed by atoms with E-state index in [4.69, 9.17) is 21.1 Å². The van der Waals surface area contributed by atoms with Crippen molar-refractivity contribution >= 4 is 23.2 Å². The van der Waals surface area contributed by atoms with E-state index in [0.717, 1.165) is 0 Å². The molecule has 2 rings (SSSR count). The highest BCUT2D eigenvalue weighted by atomic mass is 35.5. The monoisotopic (exact) mass is 364 g/mol. The topological polar surface area (TPSA) is 81.9 Å². The molecule has 0 aliphatic heterocycles. The molecule has 25 heavy (non-hydrogen) atoms. The second kappa shape index (κ2) is 8.34. The van der Waals surface area contributed by atoms with Gasteiger partial charge in [0.25, 0.3) is 11.6 Å². The van der Waals surface area contributed by atoms with Gasteiger partial charge in [0.15, 0.2) is 0 Å². The fraction of sp³-hybridized carbons (Fsp3) is 0.235. The molecule has 0 fully saturated rings. The maximum atomic E-state index is 12.5. The Morgan fingerprint density at radius 2 is 2.04 bits per heavy atom. The molecule has 0 aliphatic carbocycles. The van der Waals surface area contributed by atoms with E-state index in [0.29, 0.717) is 10.8 Å². The molecule has 0 N–H and O–H groups in total. The van der Waals surface area contributed by atoms with Crippen molar-refractivity contribution in [1.29, 1.82) is 0 Å². The molecular formula is C17H17ClN2O5. The number of halogens is 1. The van der Waals surface area contributed by atoms with Gasteiger partial charge >= 0.3 is 0 Å². The molecule has 0 spiro atoms. The highest BCUT2D eigenvalue weighted by Crippen LogP contribution is 2.25. The molecular weight excluding hydrogens is 348 g/mol. The molecule has 0 saturated carbocycles. The smallest absolute Gasteiger partial charge is 0.270 e. The SMILES string of the molecule is COc1ccc([N+](=O)[O-])cc1C(=O)N(C)CCOc1cccc(Cl)c1. The molecule has 2 aromatic rings.